The minimum absolute atomic E-state index is 0.197. The molecule has 0 radical (unpaired) electrons. The molecule has 0 aliphatic heterocycles. The second-order valence-electron chi connectivity index (χ2n) is 6.13. The summed E-state index contributed by atoms with van der Waals surface area (Å²) in [6.07, 6.45) is 6.43. The number of para-hydroxylation sites is 1. The summed E-state index contributed by atoms with van der Waals surface area (Å²) in [6.45, 7) is 3.40. The Morgan fingerprint density at radius 1 is 1.33 bits per heavy atom. The topological polar surface area (TPSA) is 41.1 Å². The number of amides is 1. The van der Waals surface area contributed by atoms with Gasteiger partial charge in [-0.3, -0.25) is 4.79 Å². The van der Waals surface area contributed by atoms with Crippen molar-refractivity contribution in [1.29, 1.82) is 0 Å². The highest BCUT2D eigenvalue weighted by Crippen LogP contribution is 2.30. The van der Waals surface area contributed by atoms with Gasteiger partial charge in [0.15, 0.2) is 0 Å². The molecule has 4 heteroatoms. The van der Waals surface area contributed by atoms with Crippen molar-refractivity contribution in [2.75, 3.05) is 18.4 Å². The zero-order valence-electron chi connectivity index (χ0n) is 12.7. The monoisotopic (exact) mass is 292 g/mol. The van der Waals surface area contributed by atoms with Crippen molar-refractivity contribution >= 4 is 11.6 Å². The molecule has 0 spiro atoms. The van der Waals surface area contributed by atoms with Gasteiger partial charge in [-0.1, -0.05) is 38.3 Å². The molecule has 2 N–H and O–H groups in total. The molecule has 2 atom stereocenters. The SMILES string of the molecule is CC1CCCC(CCNCC(=O)Nc2ccccc2F)C1. The lowest BCUT2D eigenvalue weighted by Crippen LogP contribution is -2.30. The molecule has 3 nitrogen and oxygen atoms in total. The van der Waals surface area contributed by atoms with Gasteiger partial charge in [0.2, 0.25) is 5.91 Å². The fourth-order valence-electron chi connectivity index (χ4n) is 3.09. The summed E-state index contributed by atoms with van der Waals surface area (Å²) in [5.74, 6) is 1.03. The van der Waals surface area contributed by atoms with Crippen LogP contribution >= 0.6 is 0 Å². The third-order valence-electron chi connectivity index (χ3n) is 4.21. The molecule has 0 bridgehead atoms. The van der Waals surface area contributed by atoms with Crippen molar-refractivity contribution in [3.8, 4) is 0 Å². The number of benzene rings is 1. The molecule has 1 amide bonds. The average molecular weight is 292 g/mol. The third kappa shape index (κ3) is 5.46. The first-order chi connectivity index (χ1) is 10.1. The molecule has 2 unspecified atom stereocenters. The summed E-state index contributed by atoms with van der Waals surface area (Å²) in [5, 5.41) is 5.73. The molecular formula is C17H25FN2O. The Morgan fingerprint density at radius 2 is 2.14 bits per heavy atom. The van der Waals surface area contributed by atoms with Crippen LogP contribution in [0, 0.1) is 17.7 Å². The summed E-state index contributed by atoms with van der Waals surface area (Å²) >= 11 is 0. The maximum atomic E-state index is 13.4. The fraction of sp³-hybridized carbons (Fsp3) is 0.588. The molecule has 0 heterocycles. The van der Waals surface area contributed by atoms with Gasteiger partial charge >= 0.3 is 0 Å². The zero-order chi connectivity index (χ0) is 15.1. The van der Waals surface area contributed by atoms with E-state index in [2.05, 4.69) is 17.6 Å². The van der Waals surface area contributed by atoms with Crippen LogP contribution in [0.5, 0.6) is 0 Å². The van der Waals surface area contributed by atoms with Gasteiger partial charge in [0.05, 0.1) is 12.2 Å². The van der Waals surface area contributed by atoms with E-state index < -0.39 is 5.82 Å². The van der Waals surface area contributed by atoms with E-state index >= 15 is 0 Å². The number of rotatable bonds is 6. The highest BCUT2D eigenvalue weighted by atomic mass is 19.1. The number of nitrogens with one attached hydrogen (secondary N) is 2. The summed E-state index contributed by atoms with van der Waals surface area (Å²) in [5.41, 5.74) is 0.241. The van der Waals surface area contributed by atoms with Gasteiger partial charge in [0.1, 0.15) is 5.82 Å². The van der Waals surface area contributed by atoms with Crippen LogP contribution in [0.3, 0.4) is 0 Å². The third-order valence-corrected chi connectivity index (χ3v) is 4.21. The van der Waals surface area contributed by atoms with Gasteiger partial charge in [-0.05, 0) is 43.4 Å². The molecular weight excluding hydrogens is 267 g/mol. The van der Waals surface area contributed by atoms with Gasteiger partial charge in [0.25, 0.3) is 0 Å². The summed E-state index contributed by atoms with van der Waals surface area (Å²) in [6, 6.07) is 6.22. The van der Waals surface area contributed by atoms with Crippen molar-refractivity contribution in [3.63, 3.8) is 0 Å². The smallest absolute Gasteiger partial charge is 0.238 e. The van der Waals surface area contributed by atoms with Crippen LogP contribution in [0.15, 0.2) is 24.3 Å². The van der Waals surface area contributed by atoms with Crippen LogP contribution in [0.25, 0.3) is 0 Å². The number of anilines is 1. The molecule has 21 heavy (non-hydrogen) atoms. The lowest BCUT2D eigenvalue weighted by Gasteiger charge is -2.26. The molecule has 1 aromatic carbocycles. The molecule has 0 saturated heterocycles. The standard InChI is InChI=1S/C17H25FN2O/c1-13-5-4-6-14(11-13)9-10-19-12-17(21)20-16-8-3-2-7-15(16)18/h2-3,7-8,13-14,19H,4-6,9-12H2,1H3,(H,20,21). The predicted octanol–water partition coefficient (Wildman–Crippen LogP) is 3.57. The molecule has 1 aliphatic rings. The molecule has 2 rings (SSSR count). The van der Waals surface area contributed by atoms with E-state index in [9.17, 15) is 9.18 Å². The Bertz CT molecular complexity index is 464. The normalized spacial score (nSPS) is 22.0. The van der Waals surface area contributed by atoms with Gasteiger partial charge in [-0.15, -0.1) is 0 Å². The number of hydrogen-bond acceptors (Lipinski definition) is 2. The Labute approximate surface area is 126 Å². The zero-order valence-corrected chi connectivity index (χ0v) is 12.7. The van der Waals surface area contributed by atoms with E-state index in [-0.39, 0.29) is 18.1 Å². The van der Waals surface area contributed by atoms with Crippen LogP contribution < -0.4 is 10.6 Å². The minimum Gasteiger partial charge on any atom is -0.322 e. The molecule has 1 aliphatic carbocycles. The van der Waals surface area contributed by atoms with Crippen molar-refractivity contribution in [2.24, 2.45) is 11.8 Å². The minimum atomic E-state index is -0.401. The van der Waals surface area contributed by atoms with Crippen LogP contribution in [-0.2, 0) is 4.79 Å². The maximum absolute atomic E-state index is 13.4. The van der Waals surface area contributed by atoms with Crippen LogP contribution in [0.2, 0.25) is 0 Å². The van der Waals surface area contributed by atoms with E-state index in [0.717, 1.165) is 24.8 Å². The highest BCUT2D eigenvalue weighted by Gasteiger charge is 2.18. The number of carbonyl (C=O) groups is 1. The summed E-state index contributed by atoms with van der Waals surface area (Å²) < 4.78 is 13.4. The van der Waals surface area contributed by atoms with Gasteiger partial charge < -0.3 is 10.6 Å². The Morgan fingerprint density at radius 3 is 2.90 bits per heavy atom. The van der Waals surface area contributed by atoms with E-state index in [1.807, 2.05) is 0 Å². The van der Waals surface area contributed by atoms with E-state index in [0.29, 0.717) is 0 Å². The van der Waals surface area contributed by atoms with E-state index in [4.69, 9.17) is 0 Å². The van der Waals surface area contributed by atoms with Crippen molar-refractivity contribution < 1.29 is 9.18 Å². The van der Waals surface area contributed by atoms with Crippen molar-refractivity contribution in [3.05, 3.63) is 30.1 Å². The Kier molecular flexibility index (Phi) is 6.18. The van der Waals surface area contributed by atoms with Crippen LogP contribution in [0.1, 0.15) is 39.0 Å². The van der Waals surface area contributed by atoms with Crippen molar-refractivity contribution in [1.82, 2.24) is 5.32 Å². The first-order valence-electron chi connectivity index (χ1n) is 7.90. The van der Waals surface area contributed by atoms with E-state index in [1.54, 1.807) is 18.2 Å². The molecule has 0 aromatic heterocycles. The lowest BCUT2D eigenvalue weighted by molar-refractivity contribution is -0.115. The fourth-order valence-corrected chi connectivity index (χ4v) is 3.09. The Hall–Kier alpha value is -1.42. The summed E-state index contributed by atoms with van der Waals surface area (Å²) in [4.78, 5) is 11.7. The second kappa shape index (κ2) is 8.13. The van der Waals surface area contributed by atoms with Crippen LogP contribution in [-0.4, -0.2) is 19.0 Å². The highest BCUT2D eigenvalue weighted by molar-refractivity contribution is 5.92. The van der Waals surface area contributed by atoms with E-state index in [1.165, 1.54) is 31.7 Å². The molecule has 116 valence electrons. The lowest BCUT2D eigenvalue weighted by atomic mass is 9.81. The predicted molar refractivity (Wildman–Crippen MR) is 83.6 cm³/mol. The maximum Gasteiger partial charge on any atom is 0.238 e. The first-order valence-corrected chi connectivity index (χ1v) is 7.90. The first kappa shape index (κ1) is 16.0. The number of carbonyl (C=O) groups excluding carboxylic acids is 1. The van der Waals surface area contributed by atoms with Gasteiger partial charge in [0, 0.05) is 0 Å². The molecule has 1 aromatic rings. The summed E-state index contributed by atoms with van der Waals surface area (Å²) in [7, 11) is 0. The molecule has 1 fully saturated rings. The van der Waals surface area contributed by atoms with Crippen molar-refractivity contribution in [2.45, 2.75) is 39.0 Å². The second-order valence-corrected chi connectivity index (χ2v) is 6.13. The number of halogens is 1. The molecule has 1 saturated carbocycles. The van der Waals surface area contributed by atoms with Gasteiger partial charge in [-0.25, -0.2) is 4.39 Å². The average Bonchev–Trinajstić information content (AvgIpc) is 2.46. The Balaban J connectivity index is 1.62. The van der Waals surface area contributed by atoms with Gasteiger partial charge in [-0.2, -0.15) is 0 Å². The van der Waals surface area contributed by atoms with Crippen LogP contribution in [0.4, 0.5) is 10.1 Å². The largest absolute Gasteiger partial charge is 0.322 e. The quantitative estimate of drug-likeness (QED) is 0.787. The number of hydrogen-bond donors (Lipinski definition) is 2.